The quantitative estimate of drug-likeness (QED) is 0.743. The summed E-state index contributed by atoms with van der Waals surface area (Å²) in [4.78, 5) is 0. The van der Waals surface area contributed by atoms with E-state index in [-0.39, 0.29) is 24.6 Å². The van der Waals surface area contributed by atoms with Crippen molar-refractivity contribution in [1.82, 2.24) is 0 Å². The van der Waals surface area contributed by atoms with Crippen molar-refractivity contribution in [2.24, 2.45) is 5.73 Å². The Kier molecular flexibility index (Phi) is 8.86. The van der Waals surface area contributed by atoms with E-state index in [1.165, 1.54) is 19.3 Å². The first kappa shape index (κ1) is 17.3. The molecule has 0 amide bonds. The minimum absolute atomic E-state index is 0. The molecule has 0 bridgehead atoms. The first-order valence-electron chi connectivity index (χ1n) is 6.66. The van der Waals surface area contributed by atoms with Crippen LogP contribution in [0.2, 0.25) is 0 Å². The van der Waals surface area contributed by atoms with Crippen LogP contribution in [0.15, 0.2) is 24.3 Å². The van der Waals surface area contributed by atoms with Gasteiger partial charge in [-0.2, -0.15) is 0 Å². The smallest absolute Gasteiger partial charge is 0.124 e. The first-order valence-corrected chi connectivity index (χ1v) is 6.66. The Morgan fingerprint density at radius 3 is 2.44 bits per heavy atom. The zero-order chi connectivity index (χ0) is 12.7. The van der Waals surface area contributed by atoms with Crippen molar-refractivity contribution in [1.29, 1.82) is 0 Å². The van der Waals surface area contributed by atoms with Gasteiger partial charge in [0.1, 0.15) is 5.75 Å². The van der Waals surface area contributed by atoms with Crippen LogP contribution in [-0.2, 0) is 0 Å². The van der Waals surface area contributed by atoms with Gasteiger partial charge >= 0.3 is 0 Å². The molecule has 0 radical (unpaired) electrons. The lowest BCUT2D eigenvalue weighted by molar-refractivity contribution is 0.238. The number of para-hydroxylation sites is 1. The van der Waals surface area contributed by atoms with Crippen molar-refractivity contribution in [3.8, 4) is 5.75 Å². The molecule has 18 heavy (non-hydrogen) atoms. The second kappa shape index (κ2) is 9.23. The molecule has 0 unspecified atom stereocenters. The van der Waals surface area contributed by atoms with Crippen molar-refractivity contribution in [3.05, 3.63) is 29.8 Å². The molecule has 2 nitrogen and oxygen atoms in total. The van der Waals surface area contributed by atoms with Gasteiger partial charge in [0.15, 0.2) is 0 Å². The predicted molar refractivity (Wildman–Crippen MR) is 80.5 cm³/mol. The van der Waals surface area contributed by atoms with E-state index in [4.69, 9.17) is 10.5 Å². The van der Waals surface area contributed by atoms with Gasteiger partial charge in [0.05, 0.1) is 6.10 Å². The summed E-state index contributed by atoms with van der Waals surface area (Å²) in [6.07, 6.45) is 4.90. The van der Waals surface area contributed by atoms with E-state index in [1.54, 1.807) is 0 Å². The molecule has 0 aromatic heterocycles. The second-order valence-electron chi connectivity index (χ2n) is 4.81. The van der Waals surface area contributed by atoms with E-state index in [9.17, 15) is 0 Å². The van der Waals surface area contributed by atoms with Gasteiger partial charge in [-0.05, 0) is 26.3 Å². The molecule has 0 aliphatic heterocycles. The summed E-state index contributed by atoms with van der Waals surface area (Å²) < 4.78 is 5.79. The molecular weight excluding hydrogens is 246 g/mol. The summed E-state index contributed by atoms with van der Waals surface area (Å²) in [5.74, 6) is 0.937. The fraction of sp³-hybridized carbons (Fsp3) is 0.600. The van der Waals surface area contributed by atoms with E-state index >= 15 is 0 Å². The third-order valence-electron chi connectivity index (χ3n) is 2.80. The Labute approximate surface area is 117 Å². The lowest BCUT2D eigenvalue weighted by Crippen LogP contribution is -2.14. The fourth-order valence-corrected chi connectivity index (χ4v) is 1.92. The minimum Gasteiger partial charge on any atom is -0.491 e. The van der Waals surface area contributed by atoms with E-state index < -0.39 is 0 Å². The molecule has 0 spiro atoms. The summed E-state index contributed by atoms with van der Waals surface area (Å²) in [5, 5.41) is 0. The number of ether oxygens (including phenoxy) is 1. The summed E-state index contributed by atoms with van der Waals surface area (Å²) >= 11 is 0. The Hall–Kier alpha value is -0.730. The summed E-state index contributed by atoms with van der Waals surface area (Å²) in [5.41, 5.74) is 7.37. The van der Waals surface area contributed by atoms with E-state index in [2.05, 4.69) is 13.0 Å². The number of hydrogen-bond donors (Lipinski definition) is 1. The minimum atomic E-state index is 0. The molecule has 1 atom stereocenters. The van der Waals surface area contributed by atoms with E-state index in [0.717, 1.165) is 17.7 Å². The maximum Gasteiger partial charge on any atom is 0.124 e. The number of benzene rings is 1. The molecule has 1 rings (SSSR count). The lowest BCUT2D eigenvalue weighted by Gasteiger charge is -2.18. The van der Waals surface area contributed by atoms with Crippen LogP contribution in [0, 0.1) is 0 Å². The van der Waals surface area contributed by atoms with Gasteiger partial charge in [0, 0.05) is 11.6 Å². The van der Waals surface area contributed by atoms with Crippen LogP contribution < -0.4 is 10.5 Å². The first-order chi connectivity index (χ1) is 8.15. The molecule has 3 heteroatoms. The highest BCUT2D eigenvalue weighted by molar-refractivity contribution is 5.85. The van der Waals surface area contributed by atoms with Crippen LogP contribution in [-0.4, -0.2) is 6.10 Å². The molecular formula is C15H26ClNO. The average Bonchev–Trinajstić information content (AvgIpc) is 2.29. The average molecular weight is 272 g/mol. The maximum absolute atomic E-state index is 6.23. The summed E-state index contributed by atoms with van der Waals surface area (Å²) in [6.45, 7) is 6.29. The van der Waals surface area contributed by atoms with Gasteiger partial charge < -0.3 is 10.5 Å². The highest BCUT2D eigenvalue weighted by atomic mass is 35.5. The van der Waals surface area contributed by atoms with Crippen molar-refractivity contribution in [2.45, 2.75) is 58.6 Å². The number of unbranched alkanes of at least 4 members (excludes halogenated alkanes) is 2. The van der Waals surface area contributed by atoms with Crippen LogP contribution in [0.25, 0.3) is 0 Å². The van der Waals surface area contributed by atoms with Gasteiger partial charge in [0.2, 0.25) is 0 Å². The van der Waals surface area contributed by atoms with Gasteiger partial charge in [0.25, 0.3) is 0 Å². The van der Waals surface area contributed by atoms with Crippen molar-refractivity contribution in [2.75, 3.05) is 0 Å². The Morgan fingerprint density at radius 2 is 1.83 bits per heavy atom. The molecule has 0 saturated heterocycles. The number of hydrogen-bond acceptors (Lipinski definition) is 2. The standard InChI is InChI=1S/C15H25NO.ClH/c1-4-5-6-10-14(16)13-9-7-8-11-15(13)17-12(2)3;/h7-9,11-12,14H,4-6,10,16H2,1-3H3;1H/t14-;/m1./s1. The number of nitrogens with two attached hydrogens (primary N) is 1. The van der Waals surface area contributed by atoms with Crippen LogP contribution in [0.1, 0.15) is 58.1 Å². The van der Waals surface area contributed by atoms with Crippen molar-refractivity contribution >= 4 is 12.4 Å². The lowest BCUT2D eigenvalue weighted by atomic mass is 10.0. The molecule has 0 aliphatic rings. The Balaban J connectivity index is 0.00000289. The number of rotatable bonds is 7. The SMILES string of the molecule is CCCCC[C@@H](N)c1ccccc1OC(C)C.Cl. The van der Waals surface area contributed by atoms with E-state index in [0.29, 0.717) is 0 Å². The molecule has 0 aliphatic carbocycles. The predicted octanol–water partition coefficient (Wildman–Crippen LogP) is 4.48. The molecule has 1 aromatic rings. The molecule has 0 saturated carbocycles. The number of halogens is 1. The Bertz CT molecular complexity index is 328. The van der Waals surface area contributed by atoms with Gasteiger partial charge in [-0.3, -0.25) is 0 Å². The third-order valence-corrected chi connectivity index (χ3v) is 2.80. The highest BCUT2D eigenvalue weighted by Crippen LogP contribution is 2.27. The van der Waals surface area contributed by atoms with Gasteiger partial charge in [-0.25, -0.2) is 0 Å². The monoisotopic (exact) mass is 271 g/mol. The van der Waals surface area contributed by atoms with E-state index in [1.807, 2.05) is 32.0 Å². The molecule has 2 N–H and O–H groups in total. The Morgan fingerprint density at radius 1 is 1.17 bits per heavy atom. The van der Waals surface area contributed by atoms with Gasteiger partial charge in [-0.15, -0.1) is 12.4 Å². The van der Waals surface area contributed by atoms with Crippen LogP contribution in [0.5, 0.6) is 5.75 Å². The topological polar surface area (TPSA) is 35.2 Å². The highest BCUT2D eigenvalue weighted by Gasteiger charge is 2.12. The zero-order valence-electron chi connectivity index (χ0n) is 11.7. The van der Waals surface area contributed by atoms with Gasteiger partial charge in [-0.1, -0.05) is 44.4 Å². The zero-order valence-corrected chi connectivity index (χ0v) is 12.5. The van der Waals surface area contributed by atoms with Crippen LogP contribution in [0.4, 0.5) is 0 Å². The van der Waals surface area contributed by atoms with Crippen LogP contribution >= 0.6 is 12.4 Å². The summed E-state index contributed by atoms with van der Waals surface area (Å²) in [6, 6.07) is 8.21. The molecule has 104 valence electrons. The normalized spacial score (nSPS) is 12.1. The van der Waals surface area contributed by atoms with Crippen molar-refractivity contribution in [3.63, 3.8) is 0 Å². The summed E-state index contributed by atoms with van der Waals surface area (Å²) in [7, 11) is 0. The van der Waals surface area contributed by atoms with Crippen LogP contribution in [0.3, 0.4) is 0 Å². The fourth-order valence-electron chi connectivity index (χ4n) is 1.92. The third kappa shape index (κ3) is 5.74. The molecule has 1 aromatic carbocycles. The van der Waals surface area contributed by atoms with Crippen molar-refractivity contribution < 1.29 is 4.74 Å². The largest absolute Gasteiger partial charge is 0.491 e. The maximum atomic E-state index is 6.23. The molecule has 0 heterocycles. The second-order valence-corrected chi connectivity index (χ2v) is 4.81. The molecule has 0 fully saturated rings.